The summed E-state index contributed by atoms with van der Waals surface area (Å²) < 4.78 is 69.3. The summed E-state index contributed by atoms with van der Waals surface area (Å²) in [6.07, 6.45) is -2.82. The summed E-state index contributed by atoms with van der Waals surface area (Å²) in [6, 6.07) is 4.97. The third-order valence-corrected chi connectivity index (χ3v) is 9.59. The van der Waals surface area contributed by atoms with Crippen molar-refractivity contribution in [3.05, 3.63) is 72.4 Å². The molecular weight excluding hydrogens is 569 g/mol. The molecule has 0 saturated carbocycles. The van der Waals surface area contributed by atoms with E-state index in [-0.39, 0.29) is 62.3 Å². The van der Waals surface area contributed by atoms with Crippen molar-refractivity contribution in [2.75, 3.05) is 25.9 Å². The molecule has 0 unspecified atom stereocenters. The maximum atomic E-state index is 14.4. The number of H-pyrrole nitrogens is 1. The van der Waals surface area contributed by atoms with Crippen molar-refractivity contribution >= 4 is 32.3 Å². The second kappa shape index (κ2) is 11.7. The Morgan fingerprint density at radius 1 is 1.12 bits per heavy atom. The third-order valence-electron chi connectivity index (χ3n) is 7.52. The normalized spacial score (nSPS) is 17.0. The minimum atomic E-state index is -4.74. The number of aryl methyl sites for hydroxylation is 1. The van der Waals surface area contributed by atoms with Crippen LogP contribution in [0.5, 0.6) is 0 Å². The lowest BCUT2D eigenvalue weighted by atomic mass is 9.93. The third kappa shape index (κ3) is 6.00. The Morgan fingerprint density at radius 3 is 2.48 bits per heavy atom. The predicted molar refractivity (Wildman–Crippen MR) is 149 cm³/mol. The lowest BCUT2D eigenvalue weighted by Gasteiger charge is -2.33. The molecule has 0 amide bonds. The number of hydrogen-bond donors (Lipinski definition) is 2. The summed E-state index contributed by atoms with van der Waals surface area (Å²) in [6.45, 7) is 3.89. The number of sulfone groups is 1. The fourth-order valence-corrected chi connectivity index (χ4v) is 6.73. The highest BCUT2D eigenvalue weighted by atomic mass is 35.5. The molecule has 218 valence electrons. The maximum Gasteiger partial charge on any atom is 0.416 e. The second-order valence-corrected chi connectivity index (χ2v) is 12.7. The van der Waals surface area contributed by atoms with Crippen LogP contribution in [0.3, 0.4) is 0 Å². The Bertz CT molecular complexity index is 1650. The van der Waals surface area contributed by atoms with Gasteiger partial charge in [0.1, 0.15) is 0 Å². The number of benzene rings is 2. The first kappa shape index (κ1) is 30.3. The summed E-state index contributed by atoms with van der Waals surface area (Å²) in [5.74, 6) is -0.228. The Hall–Kier alpha value is -2.67. The van der Waals surface area contributed by atoms with Crippen LogP contribution in [0, 0.1) is 0 Å². The molecule has 0 aliphatic carbocycles. The molecule has 2 heterocycles. The molecule has 8 nitrogen and oxygen atoms in total. The van der Waals surface area contributed by atoms with E-state index in [1.165, 1.54) is 25.1 Å². The van der Waals surface area contributed by atoms with E-state index in [1.807, 2.05) is 11.9 Å². The smallest absolute Gasteiger partial charge is 0.316 e. The molecule has 2 N–H and O–H groups in total. The molecule has 2 aromatic carbocycles. The number of aromatic amines is 1. The molecule has 13 heteroatoms. The van der Waals surface area contributed by atoms with Gasteiger partial charge in [-0.1, -0.05) is 25.4 Å². The first-order valence-electron chi connectivity index (χ1n) is 13.1. The van der Waals surface area contributed by atoms with Crippen LogP contribution in [-0.2, 0) is 35.5 Å². The van der Waals surface area contributed by atoms with Gasteiger partial charge in [-0.3, -0.25) is 14.3 Å². The molecule has 40 heavy (non-hydrogen) atoms. The van der Waals surface area contributed by atoms with Gasteiger partial charge >= 0.3 is 11.9 Å². The number of likely N-dealkylation sites (tertiary alicyclic amines) is 1. The summed E-state index contributed by atoms with van der Waals surface area (Å²) in [7, 11) is -1.92. The quantitative estimate of drug-likeness (QED) is 0.406. The van der Waals surface area contributed by atoms with Gasteiger partial charge in [0.15, 0.2) is 9.84 Å². The topological polar surface area (TPSA) is 104 Å². The lowest BCUT2D eigenvalue weighted by molar-refractivity contribution is -0.138. The molecule has 0 spiro atoms. The number of alkyl halides is 3. The Kier molecular flexibility index (Phi) is 8.84. The van der Waals surface area contributed by atoms with E-state index >= 15 is 0 Å². The average Bonchev–Trinajstić information content (AvgIpc) is 2.90. The average molecular weight is 601 g/mol. The number of halogens is 4. The van der Waals surface area contributed by atoms with Crippen molar-refractivity contribution in [2.24, 2.45) is 0 Å². The predicted octanol–water partition coefficient (Wildman–Crippen LogP) is 3.95. The van der Waals surface area contributed by atoms with E-state index in [4.69, 9.17) is 11.6 Å². The van der Waals surface area contributed by atoms with Gasteiger partial charge in [0.2, 0.25) is 0 Å². The van der Waals surface area contributed by atoms with Crippen LogP contribution in [0.25, 0.3) is 10.9 Å². The molecule has 0 bridgehead atoms. The van der Waals surface area contributed by atoms with E-state index < -0.39 is 39.4 Å². The van der Waals surface area contributed by atoms with Gasteiger partial charge in [-0.25, -0.2) is 13.2 Å². The highest BCUT2D eigenvalue weighted by Gasteiger charge is 2.36. The zero-order valence-electron chi connectivity index (χ0n) is 22.5. The molecule has 4 rings (SSSR count). The lowest BCUT2D eigenvalue weighted by Crippen LogP contribution is -2.44. The van der Waals surface area contributed by atoms with E-state index in [1.54, 1.807) is 6.92 Å². The van der Waals surface area contributed by atoms with Crippen LogP contribution < -0.4 is 16.6 Å². The van der Waals surface area contributed by atoms with Crippen LogP contribution in [0.15, 0.2) is 38.8 Å². The van der Waals surface area contributed by atoms with Gasteiger partial charge in [0.25, 0.3) is 5.56 Å². The van der Waals surface area contributed by atoms with Gasteiger partial charge in [0.05, 0.1) is 33.7 Å². The molecule has 1 aromatic heterocycles. The first-order valence-corrected chi connectivity index (χ1v) is 15.1. The molecule has 1 aliphatic heterocycles. The fourth-order valence-electron chi connectivity index (χ4n) is 5.43. The van der Waals surface area contributed by atoms with Crippen molar-refractivity contribution in [3.63, 3.8) is 0 Å². The fraction of sp³-hybridized carbons (Fsp3) is 0.481. The molecular formula is C27H32ClF3N4O4S. The van der Waals surface area contributed by atoms with Crippen molar-refractivity contribution < 1.29 is 21.6 Å². The van der Waals surface area contributed by atoms with Crippen LogP contribution in [0.2, 0.25) is 5.02 Å². The number of likely N-dealkylation sites (N-methyl/N-ethyl adjacent to an activating group) is 1. The van der Waals surface area contributed by atoms with E-state index in [9.17, 15) is 31.2 Å². The molecule has 1 atom stereocenters. The Balaban J connectivity index is 1.91. The van der Waals surface area contributed by atoms with Gasteiger partial charge in [-0.15, -0.1) is 0 Å². The first-order chi connectivity index (χ1) is 18.8. The van der Waals surface area contributed by atoms with Crippen molar-refractivity contribution in [1.29, 1.82) is 0 Å². The van der Waals surface area contributed by atoms with Crippen LogP contribution in [0.4, 0.5) is 13.2 Å². The summed E-state index contributed by atoms with van der Waals surface area (Å²) >= 11 is 6.08. The molecule has 0 radical (unpaired) electrons. The summed E-state index contributed by atoms with van der Waals surface area (Å²) in [5, 5.41) is 3.08. The highest BCUT2D eigenvalue weighted by molar-refractivity contribution is 7.91. The summed E-state index contributed by atoms with van der Waals surface area (Å²) in [5.41, 5.74) is -2.27. The number of nitrogens with zero attached hydrogens (tertiary/aromatic N) is 2. The van der Waals surface area contributed by atoms with Crippen LogP contribution in [0.1, 0.15) is 48.9 Å². The molecule has 1 saturated heterocycles. The van der Waals surface area contributed by atoms with Gasteiger partial charge < -0.3 is 10.3 Å². The van der Waals surface area contributed by atoms with E-state index in [2.05, 4.69) is 10.3 Å². The molecule has 3 aromatic rings. The molecule has 1 aliphatic rings. The maximum absolute atomic E-state index is 14.4. The number of piperidine rings is 1. The zero-order chi connectivity index (χ0) is 29.4. The van der Waals surface area contributed by atoms with Crippen LogP contribution >= 0.6 is 11.6 Å². The summed E-state index contributed by atoms with van der Waals surface area (Å²) in [4.78, 5) is 31.2. The largest absolute Gasteiger partial charge is 0.416 e. The number of rotatable bonds is 8. The minimum absolute atomic E-state index is 0.0258. The van der Waals surface area contributed by atoms with E-state index in [0.29, 0.717) is 17.7 Å². The molecule has 1 fully saturated rings. The zero-order valence-corrected chi connectivity index (χ0v) is 24.1. The van der Waals surface area contributed by atoms with Gasteiger partial charge in [-0.05, 0) is 73.8 Å². The van der Waals surface area contributed by atoms with Crippen molar-refractivity contribution in [2.45, 2.75) is 63.3 Å². The number of nitrogens with one attached hydrogen (secondary N) is 2. The standard InChI is InChI=1S/C27H32ClF3N4O4S/c1-4-19-21(15-34-10-6-7-18(14-34)32-3)22(27(29,30)31)12-20-24(19)33-26(37)35(25(20)36)13-16-11-17(28)8-9-23(16)40(38,39)5-2/h8-9,11-12,18,32H,4-7,10,13-15H2,1-3H3,(H,33,37)/t18-/m0/s1. The Labute approximate surface area is 235 Å². The van der Waals surface area contributed by atoms with Crippen LogP contribution in [-0.4, -0.2) is 54.8 Å². The van der Waals surface area contributed by atoms with Crippen molar-refractivity contribution in [1.82, 2.24) is 19.8 Å². The van der Waals surface area contributed by atoms with Gasteiger partial charge in [-0.2, -0.15) is 13.2 Å². The van der Waals surface area contributed by atoms with Gasteiger partial charge in [0, 0.05) is 24.2 Å². The SMILES string of the molecule is CCc1c(CN2CCC[C@H](NC)C2)c(C(F)(F)F)cc2c(=O)n(Cc3cc(Cl)ccc3S(=O)(=O)CC)c(=O)[nH]c12. The number of hydrogen-bond acceptors (Lipinski definition) is 6. The highest BCUT2D eigenvalue weighted by Crippen LogP contribution is 2.37. The second-order valence-electron chi connectivity index (χ2n) is 9.99. The van der Waals surface area contributed by atoms with E-state index in [0.717, 1.165) is 18.9 Å². The number of fused-ring (bicyclic) bond motifs is 1. The number of aromatic nitrogens is 2. The van der Waals surface area contributed by atoms with Crippen molar-refractivity contribution in [3.8, 4) is 0 Å². The minimum Gasteiger partial charge on any atom is -0.316 e. The monoisotopic (exact) mass is 600 g/mol. The Morgan fingerprint density at radius 2 is 1.85 bits per heavy atom.